The molecule has 0 saturated heterocycles. The van der Waals surface area contributed by atoms with Gasteiger partial charge in [0.2, 0.25) is 0 Å². The quantitative estimate of drug-likeness (QED) is 0.749. The summed E-state index contributed by atoms with van der Waals surface area (Å²) in [7, 11) is 0. The Hall–Kier alpha value is -1.82. The molecule has 3 N–H and O–H groups in total. The summed E-state index contributed by atoms with van der Waals surface area (Å²) < 4.78 is 5.19. The Balaban J connectivity index is 2.34. The van der Waals surface area contributed by atoms with E-state index in [-0.39, 0.29) is 11.8 Å². The van der Waals surface area contributed by atoms with E-state index in [1.165, 1.54) is 6.20 Å². The van der Waals surface area contributed by atoms with E-state index >= 15 is 0 Å². The van der Waals surface area contributed by atoms with E-state index in [9.17, 15) is 9.90 Å². The number of carbonyl (C=O) groups excluding carboxylic acids is 1. The first-order chi connectivity index (χ1) is 9.80. The number of amides is 1. The summed E-state index contributed by atoms with van der Waals surface area (Å²) in [6, 6.07) is 3.49. The Kier molecular flexibility index (Phi) is 6.42. The molecule has 6 heteroatoms. The highest BCUT2D eigenvalue weighted by molar-refractivity contribution is 5.67. The zero-order chi connectivity index (χ0) is 15.9. The van der Waals surface area contributed by atoms with Gasteiger partial charge >= 0.3 is 6.09 Å². The van der Waals surface area contributed by atoms with Crippen molar-refractivity contribution < 1.29 is 14.6 Å². The van der Waals surface area contributed by atoms with Crippen molar-refractivity contribution in [2.24, 2.45) is 0 Å². The minimum atomic E-state index is -0.491. The number of hydrogen-bond acceptors (Lipinski definition) is 5. The fourth-order valence-electron chi connectivity index (χ4n) is 1.65. The lowest BCUT2D eigenvalue weighted by molar-refractivity contribution is 0.0522. The second kappa shape index (κ2) is 7.83. The third kappa shape index (κ3) is 7.51. The van der Waals surface area contributed by atoms with Gasteiger partial charge in [0.15, 0.2) is 0 Å². The lowest BCUT2D eigenvalue weighted by atomic mass is 10.2. The van der Waals surface area contributed by atoms with Crippen LogP contribution < -0.4 is 10.6 Å². The Morgan fingerprint density at radius 2 is 2.14 bits per heavy atom. The summed E-state index contributed by atoms with van der Waals surface area (Å²) in [4.78, 5) is 15.7. The standard InChI is InChI=1S/C15H25N3O3/c1-5-11(8-18-14(20)21-15(2,3)4)16-9-12-6-7-13(19)10-17-12/h6-7,10-11,16,19H,5,8-9H2,1-4H3,(H,18,20). The largest absolute Gasteiger partial charge is 0.506 e. The molecule has 1 amide bonds. The average Bonchev–Trinajstić information content (AvgIpc) is 2.39. The van der Waals surface area contributed by atoms with Crippen molar-refractivity contribution in [1.82, 2.24) is 15.6 Å². The van der Waals surface area contributed by atoms with Crippen LogP contribution in [0.5, 0.6) is 5.75 Å². The molecule has 1 rings (SSSR count). The summed E-state index contributed by atoms with van der Waals surface area (Å²) in [6.07, 6.45) is 1.87. The summed E-state index contributed by atoms with van der Waals surface area (Å²) >= 11 is 0. The molecule has 1 aromatic heterocycles. The van der Waals surface area contributed by atoms with Gasteiger partial charge in [0, 0.05) is 19.1 Å². The van der Waals surface area contributed by atoms with Crippen LogP contribution in [-0.4, -0.2) is 34.4 Å². The molecular weight excluding hydrogens is 270 g/mol. The van der Waals surface area contributed by atoms with Crippen molar-refractivity contribution in [2.45, 2.75) is 52.3 Å². The zero-order valence-electron chi connectivity index (χ0n) is 13.1. The van der Waals surface area contributed by atoms with Crippen LogP contribution >= 0.6 is 0 Å². The van der Waals surface area contributed by atoms with Crippen molar-refractivity contribution >= 4 is 6.09 Å². The number of nitrogens with one attached hydrogen (secondary N) is 2. The molecule has 0 spiro atoms. The fraction of sp³-hybridized carbons (Fsp3) is 0.600. The van der Waals surface area contributed by atoms with E-state index in [2.05, 4.69) is 15.6 Å². The normalized spacial score (nSPS) is 12.8. The third-order valence-corrected chi connectivity index (χ3v) is 2.77. The Labute approximate surface area is 125 Å². The van der Waals surface area contributed by atoms with E-state index in [1.807, 2.05) is 27.7 Å². The summed E-state index contributed by atoms with van der Waals surface area (Å²) in [5.74, 6) is 0.150. The van der Waals surface area contributed by atoms with Crippen LogP contribution in [0.4, 0.5) is 4.79 Å². The molecule has 1 unspecified atom stereocenters. The maximum atomic E-state index is 11.6. The van der Waals surface area contributed by atoms with E-state index in [0.717, 1.165) is 12.1 Å². The van der Waals surface area contributed by atoms with Gasteiger partial charge in [0.05, 0.1) is 11.9 Å². The van der Waals surface area contributed by atoms with Crippen molar-refractivity contribution in [3.63, 3.8) is 0 Å². The summed E-state index contributed by atoms with van der Waals surface area (Å²) in [5.41, 5.74) is 0.346. The lowest BCUT2D eigenvalue weighted by Crippen LogP contribution is -2.42. The SMILES string of the molecule is CCC(CNC(=O)OC(C)(C)C)NCc1ccc(O)cn1. The highest BCUT2D eigenvalue weighted by atomic mass is 16.6. The smallest absolute Gasteiger partial charge is 0.407 e. The van der Waals surface area contributed by atoms with Crippen LogP contribution in [0.1, 0.15) is 39.8 Å². The van der Waals surface area contributed by atoms with Gasteiger partial charge < -0.3 is 20.5 Å². The minimum absolute atomic E-state index is 0.133. The maximum absolute atomic E-state index is 11.6. The summed E-state index contributed by atoms with van der Waals surface area (Å²) in [5, 5.41) is 15.2. The second-order valence-corrected chi connectivity index (χ2v) is 5.88. The van der Waals surface area contributed by atoms with Crippen molar-refractivity contribution in [1.29, 1.82) is 0 Å². The average molecular weight is 295 g/mol. The van der Waals surface area contributed by atoms with Gasteiger partial charge in [-0.1, -0.05) is 6.92 Å². The Morgan fingerprint density at radius 1 is 1.43 bits per heavy atom. The first kappa shape index (κ1) is 17.2. The summed E-state index contributed by atoms with van der Waals surface area (Å²) in [6.45, 7) is 8.60. The van der Waals surface area contributed by atoms with Gasteiger partial charge in [-0.05, 0) is 39.3 Å². The first-order valence-corrected chi connectivity index (χ1v) is 7.14. The maximum Gasteiger partial charge on any atom is 0.407 e. The highest BCUT2D eigenvalue weighted by Crippen LogP contribution is 2.07. The van der Waals surface area contributed by atoms with Crippen LogP contribution in [0, 0.1) is 0 Å². The third-order valence-electron chi connectivity index (χ3n) is 2.77. The number of hydrogen-bond donors (Lipinski definition) is 3. The van der Waals surface area contributed by atoms with Crippen molar-refractivity contribution in [2.75, 3.05) is 6.54 Å². The molecule has 0 fully saturated rings. The van der Waals surface area contributed by atoms with Crippen LogP contribution in [0.15, 0.2) is 18.3 Å². The zero-order valence-corrected chi connectivity index (χ0v) is 13.1. The van der Waals surface area contributed by atoms with Crippen molar-refractivity contribution in [3.8, 4) is 5.75 Å². The van der Waals surface area contributed by atoms with Gasteiger partial charge in [-0.2, -0.15) is 0 Å². The number of carbonyl (C=O) groups is 1. The highest BCUT2D eigenvalue weighted by Gasteiger charge is 2.16. The van der Waals surface area contributed by atoms with Crippen molar-refractivity contribution in [3.05, 3.63) is 24.0 Å². The van der Waals surface area contributed by atoms with Gasteiger partial charge in [-0.15, -0.1) is 0 Å². The van der Waals surface area contributed by atoms with E-state index < -0.39 is 11.7 Å². The molecule has 1 aromatic rings. The monoisotopic (exact) mass is 295 g/mol. The van der Waals surface area contributed by atoms with Crippen LogP contribution in [-0.2, 0) is 11.3 Å². The van der Waals surface area contributed by atoms with Gasteiger partial charge in [0.1, 0.15) is 11.4 Å². The molecule has 0 aliphatic rings. The number of pyridine rings is 1. The van der Waals surface area contributed by atoms with Crippen LogP contribution in [0.3, 0.4) is 0 Å². The topological polar surface area (TPSA) is 83.5 Å². The van der Waals surface area contributed by atoms with E-state index in [1.54, 1.807) is 12.1 Å². The number of nitrogens with zero attached hydrogens (tertiary/aromatic N) is 1. The molecule has 0 aliphatic heterocycles. The number of ether oxygens (including phenoxy) is 1. The first-order valence-electron chi connectivity index (χ1n) is 7.14. The molecule has 0 radical (unpaired) electrons. The second-order valence-electron chi connectivity index (χ2n) is 5.88. The van der Waals surface area contributed by atoms with Gasteiger partial charge in [-0.25, -0.2) is 4.79 Å². The molecule has 6 nitrogen and oxygen atoms in total. The molecule has 1 atom stereocenters. The molecule has 21 heavy (non-hydrogen) atoms. The molecule has 1 heterocycles. The predicted molar refractivity (Wildman–Crippen MR) is 81.1 cm³/mol. The molecule has 118 valence electrons. The number of rotatable bonds is 6. The van der Waals surface area contributed by atoms with E-state index in [0.29, 0.717) is 13.1 Å². The number of alkyl carbamates (subject to hydrolysis) is 1. The van der Waals surface area contributed by atoms with Gasteiger partial charge in [-0.3, -0.25) is 4.98 Å². The number of aromatic hydroxyl groups is 1. The fourth-order valence-corrected chi connectivity index (χ4v) is 1.65. The Morgan fingerprint density at radius 3 is 2.67 bits per heavy atom. The molecule has 0 aromatic carbocycles. The van der Waals surface area contributed by atoms with Crippen LogP contribution in [0.2, 0.25) is 0 Å². The Bertz CT molecular complexity index is 440. The molecular formula is C15H25N3O3. The lowest BCUT2D eigenvalue weighted by Gasteiger charge is -2.22. The van der Waals surface area contributed by atoms with E-state index in [4.69, 9.17) is 4.74 Å². The van der Waals surface area contributed by atoms with Gasteiger partial charge in [0.25, 0.3) is 0 Å². The predicted octanol–water partition coefficient (Wildman–Crippen LogP) is 2.18. The van der Waals surface area contributed by atoms with Crippen LogP contribution in [0.25, 0.3) is 0 Å². The molecule has 0 aliphatic carbocycles. The minimum Gasteiger partial charge on any atom is -0.506 e. The molecule has 0 saturated carbocycles. The number of aromatic nitrogens is 1. The molecule has 0 bridgehead atoms.